The lowest BCUT2D eigenvalue weighted by atomic mass is 10.1. The Kier molecular flexibility index (Phi) is 124. The lowest BCUT2D eigenvalue weighted by Gasteiger charge is -1.98. The zero-order chi connectivity index (χ0) is 73.9. The van der Waals surface area contributed by atoms with Gasteiger partial charge in [0.1, 0.15) is 0 Å². The van der Waals surface area contributed by atoms with Crippen LogP contribution in [0.1, 0.15) is 466 Å². The van der Waals surface area contributed by atoms with Crippen LogP contribution >= 0.6 is 0 Å². The van der Waals surface area contributed by atoms with Gasteiger partial charge >= 0.3 is 47.8 Å². The second-order valence-electron chi connectivity index (χ2n) is 26.1. The van der Waals surface area contributed by atoms with Crippen LogP contribution in [0.25, 0.3) is 0 Å². The van der Waals surface area contributed by atoms with Gasteiger partial charge in [-0.3, -0.25) is 38.4 Å². The van der Waals surface area contributed by atoms with E-state index in [0.717, 1.165) is 103 Å². The Hall–Kier alpha value is -4.18. The Morgan fingerprint density at radius 1 is 0.134 bits per heavy atom. The molecule has 0 aliphatic heterocycles. The molecule has 97 heavy (non-hydrogen) atoms. The second-order valence-corrected chi connectivity index (χ2v) is 26.1. The van der Waals surface area contributed by atoms with Crippen LogP contribution in [0.3, 0.4) is 0 Å². The van der Waals surface area contributed by atoms with Crippen LogP contribution in [-0.2, 0) is 38.4 Å². The molecular formula is C80H163BO16. The van der Waals surface area contributed by atoms with Crippen molar-refractivity contribution in [1.29, 1.82) is 0 Å². The summed E-state index contributed by atoms with van der Waals surface area (Å²) in [4.78, 5) is 81.1. The number of hydrogen-bond donors (Lipinski definition) is 8. The van der Waals surface area contributed by atoms with Gasteiger partial charge in [0.05, 0.1) is 8.41 Å². The Balaban J connectivity index is -0.000000130. The summed E-state index contributed by atoms with van der Waals surface area (Å²) in [6, 6.07) is 0. The summed E-state index contributed by atoms with van der Waals surface area (Å²) >= 11 is 0. The number of unbranched alkanes of at least 4 members (excludes halogenated alkanes) is 48. The molecule has 16 nitrogen and oxygen atoms in total. The Morgan fingerprint density at radius 2 is 0.196 bits per heavy atom. The zero-order valence-electron chi connectivity index (χ0n) is 64.1. The van der Waals surface area contributed by atoms with E-state index in [-0.39, 0.29) is 8.41 Å². The molecule has 0 heterocycles. The molecule has 582 valence electrons. The second kappa shape index (κ2) is 108. The molecule has 0 aromatic heterocycles. The zero-order valence-corrected chi connectivity index (χ0v) is 64.1. The lowest BCUT2D eigenvalue weighted by Crippen LogP contribution is -1.93. The SMILES string of the molecule is B.CCCCCCCCCC(=O)O.CCCCCCCCCC(=O)O.CCCCCCCCCC(=O)O.CCCCCCCCCC(=O)O.CCCCCCCCCC(=O)O.CCCCCCCCCC(=O)O.CCCCCCCCCC(=O)O.CCCCCCCCCC(=O)O. The van der Waals surface area contributed by atoms with Gasteiger partial charge < -0.3 is 40.9 Å². The predicted molar refractivity (Wildman–Crippen MR) is 412 cm³/mol. The molecule has 0 aliphatic carbocycles. The van der Waals surface area contributed by atoms with Crippen molar-refractivity contribution in [1.82, 2.24) is 0 Å². The molecule has 0 saturated carbocycles. The van der Waals surface area contributed by atoms with E-state index in [9.17, 15) is 38.4 Å². The molecule has 0 atom stereocenters. The number of carbonyl (C=O) groups is 8. The summed E-state index contributed by atoms with van der Waals surface area (Å²) in [6.07, 6.45) is 69.1. The monoisotopic (exact) mass is 1390 g/mol. The first-order valence-electron chi connectivity index (χ1n) is 39.9. The van der Waals surface area contributed by atoms with Crippen molar-refractivity contribution in [2.45, 2.75) is 466 Å². The average molecular weight is 1390 g/mol. The maximum Gasteiger partial charge on any atom is 0.303 e. The Morgan fingerprint density at radius 3 is 0.258 bits per heavy atom. The van der Waals surface area contributed by atoms with E-state index in [1.165, 1.54) is 257 Å². The number of hydrogen-bond acceptors (Lipinski definition) is 8. The molecule has 0 rings (SSSR count). The molecule has 17 heteroatoms. The fraction of sp³-hybridized carbons (Fsp3) is 0.900. The van der Waals surface area contributed by atoms with Gasteiger partial charge in [-0.15, -0.1) is 0 Å². The smallest absolute Gasteiger partial charge is 0.303 e. The van der Waals surface area contributed by atoms with Crippen molar-refractivity contribution in [3.8, 4) is 0 Å². The third-order valence-corrected chi connectivity index (χ3v) is 16.0. The van der Waals surface area contributed by atoms with Crippen molar-refractivity contribution in [2.24, 2.45) is 0 Å². The van der Waals surface area contributed by atoms with Gasteiger partial charge in [-0.1, -0.05) is 364 Å². The van der Waals surface area contributed by atoms with Crippen molar-refractivity contribution in [3.05, 3.63) is 0 Å². The molecule has 0 spiro atoms. The van der Waals surface area contributed by atoms with E-state index >= 15 is 0 Å². The van der Waals surface area contributed by atoms with Crippen LogP contribution in [0.4, 0.5) is 0 Å². The summed E-state index contributed by atoms with van der Waals surface area (Å²) < 4.78 is 0. The molecule has 0 aliphatic rings. The summed E-state index contributed by atoms with van der Waals surface area (Å²) in [5, 5.41) is 66.8. The quantitative estimate of drug-likeness (QED) is 0.0207. The van der Waals surface area contributed by atoms with E-state index in [0.29, 0.717) is 51.4 Å². The number of carboxylic acids is 8. The number of aliphatic carboxylic acids is 8. The van der Waals surface area contributed by atoms with Gasteiger partial charge in [0.2, 0.25) is 0 Å². The minimum Gasteiger partial charge on any atom is -0.481 e. The number of rotatable bonds is 64. The summed E-state index contributed by atoms with van der Waals surface area (Å²) in [6.45, 7) is 17.6. The van der Waals surface area contributed by atoms with Crippen LogP contribution in [0.5, 0.6) is 0 Å². The first-order valence-corrected chi connectivity index (χ1v) is 39.9. The van der Waals surface area contributed by atoms with E-state index in [4.69, 9.17) is 40.9 Å². The summed E-state index contributed by atoms with van der Waals surface area (Å²) in [7, 11) is 0. The highest BCUT2D eigenvalue weighted by atomic mass is 16.4. The highest BCUT2D eigenvalue weighted by Gasteiger charge is 2.02. The van der Waals surface area contributed by atoms with Crippen LogP contribution in [0.2, 0.25) is 0 Å². The standard InChI is InChI=1S/8C10H20O2.BH3/c8*1-2-3-4-5-6-7-8-9-10(11)12;/h8*2-9H2,1H3,(H,11,12);1H3. The molecule has 0 bridgehead atoms. The van der Waals surface area contributed by atoms with E-state index in [2.05, 4.69) is 55.4 Å². The first-order chi connectivity index (χ1) is 46.2. The molecule has 0 unspecified atom stereocenters. The van der Waals surface area contributed by atoms with Gasteiger partial charge in [0, 0.05) is 51.4 Å². The lowest BCUT2D eigenvalue weighted by molar-refractivity contribution is -0.138. The molecule has 0 aromatic rings. The molecule has 0 amide bonds. The third kappa shape index (κ3) is 161. The highest BCUT2D eigenvalue weighted by Crippen LogP contribution is 2.14. The Bertz CT molecular complexity index is 1230. The molecular weight excluding hydrogens is 1230 g/mol. The molecule has 0 fully saturated rings. The fourth-order valence-corrected chi connectivity index (χ4v) is 9.87. The van der Waals surface area contributed by atoms with Gasteiger partial charge in [-0.25, -0.2) is 0 Å². The van der Waals surface area contributed by atoms with E-state index in [1.54, 1.807) is 0 Å². The van der Waals surface area contributed by atoms with Crippen LogP contribution in [0.15, 0.2) is 0 Å². The maximum atomic E-state index is 10.1. The van der Waals surface area contributed by atoms with Crippen LogP contribution < -0.4 is 0 Å². The number of carboxylic acid groups (broad SMARTS) is 8. The molecule has 0 saturated heterocycles. The fourth-order valence-electron chi connectivity index (χ4n) is 9.87. The average Bonchev–Trinajstić information content (AvgIpc) is 3.56. The van der Waals surface area contributed by atoms with E-state index in [1.807, 2.05) is 0 Å². The van der Waals surface area contributed by atoms with Gasteiger partial charge in [0.25, 0.3) is 0 Å². The van der Waals surface area contributed by atoms with Crippen molar-refractivity contribution in [2.75, 3.05) is 0 Å². The Labute approximate surface area is 599 Å². The minimum absolute atomic E-state index is 0. The largest absolute Gasteiger partial charge is 0.481 e. The third-order valence-electron chi connectivity index (χ3n) is 16.0. The van der Waals surface area contributed by atoms with Gasteiger partial charge in [-0.05, 0) is 51.4 Å². The minimum atomic E-state index is -0.663. The summed E-state index contributed by atoms with van der Waals surface area (Å²) in [5.41, 5.74) is 0. The van der Waals surface area contributed by atoms with Gasteiger partial charge in [-0.2, -0.15) is 0 Å². The summed E-state index contributed by atoms with van der Waals surface area (Å²) in [5.74, 6) is -5.31. The predicted octanol–water partition coefficient (Wildman–Crippen LogP) is 24.5. The topological polar surface area (TPSA) is 298 Å². The molecule has 0 radical (unpaired) electrons. The normalized spacial score (nSPS) is 9.98. The van der Waals surface area contributed by atoms with Crippen LogP contribution in [0, 0.1) is 0 Å². The first kappa shape index (κ1) is 111. The highest BCUT2D eigenvalue weighted by molar-refractivity contribution is 5.75. The maximum absolute atomic E-state index is 10.1. The van der Waals surface area contributed by atoms with Crippen molar-refractivity contribution < 1.29 is 79.2 Å². The van der Waals surface area contributed by atoms with Crippen molar-refractivity contribution in [3.63, 3.8) is 0 Å². The van der Waals surface area contributed by atoms with Gasteiger partial charge in [0.15, 0.2) is 0 Å². The van der Waals surface area contributed by atoms with Crippen molar-refractivity contribution >= 4 is 56.2 Å². The molecule has 0 aromatic carbocycles. The molecule has 8 N–H and O–H groups in total. The van der Waals surface area contributed by atoms with Crippen LogP contribution in [-0.4, -0.2) is 97.0 Å². The van der Waals surface area contributed by atoms with E-state index < -0.39 is 47.8 Å².